The number of unbranched alkanes of at least 4 members (excludes halogenated alkanes) is 1. The fourth-order valence-corrected chi connectivity index (χ4v) is 1.84. The number of amides is 2. The molecular formula is C15H31N3O3. The molecule has 2 amide bonds. The lowest BCUT2D eigenvalue weighted by Gasteiger charge is -2.27. The number of carboxylic acids is 1. The largest absolute Gasteiger partial charge is 0.480 e. The fraction of sp³-hybridized carbons (Fsp3) is 0.867. The number of nitrogens with zero attached hydrogens (tertiary/aromatic N) is 2. The van der Waals surface area contributed by atoms with Crippen LogP contribution in [-0.4, -0.2) is 65.7 Å². The first kappa shape index (κ1) is 19.7. The number of carbonyl (C=O) groups is 2. The van der Waals surface area contributed by atoms with Gasteiger partial charge >= 0.3 is 12.0 Å². The van der Waals surface area contributed by atoms with E-state index in [1.54, 1.807) is 0 Å². The molecule has 0 aromatic heterocycles. The van der Waals surface area contributed by atoms with Crippen molar-refractivity contribution in [3.63, 3.8) is 0 Å². The SMILES string of the molecule is CCC(C)N(CC(=O)O)C(=O)NCCCCN(C)C(C)C. The molecule has 2 N–H and O–H groups in total. The van der Waals surface area contributed by atoms with E-state index >= 15 is 0 Å². The Kier molecular flexibility index (Phi) is 9.78. The number of carboxylic acid groups (broad SMARTS) is 1. The molecule has 6 heteroatoms. The summed E-state index contributed by atoms with van der Waals surface area (Å²) in [6, 6.07) is 0.160. The Morgan fingerprint density at radius 1 is 1.19 bits per heavy atom. The maximum atomic E-state index is 12.0. The summed E-state index contributed by atoms with van der Waals surface area (Å²) in [7, 11) is 2.08. The summed E-state index contributed by atoms with van der Waals surface area (Å²) < 4.78 is 0. The molecule has 0 spiro atoms. The summed E-state index contributed by atoms with van der Waals surface area (Å²) in [6.07, 6.45) is 2.64. The summed E-state index contributed by atoms with van der Waals surface area (Å²) in [6.45, 7) is 9.43. The lowest BCUT2D eigenvalue weighted by atomic mass is 10.2. The van der Waals surface area contributed by atoms with Crippen LogP contribution in [0.4, 0.5) is 4.79 Å². The van der Waals surface area contributed by atoms with Gasteiger partial charge in [0, 0.05) is 18.6 Å². The first-order valence-electron chi connectivity index (χ1n) is 7.76. The molecule has 0 radical (unpaired) electrons. The van der Waals surface area contributed by atoms with Crippen LogP contribution in [0.3, 0.4) is 0 Å². The van der Waals surface area contributed by atoms with E-state index in [4.69, 9.17) is 5.11 Å². The molecule has 1 unspecified atom stereocenters. The molecule has 0 aliphatic carbocycles. The number of nitrogens with one attached hydrogen (secondary N) is 1. The van der Waals surface area contributed by atoms with Crippen molar-refractivity contribution in [1.82, 2.24) is 15.1 Å². The van der Waals surface area contributed by atoms with Crippen LogP contribution in [0.5, 0.6) is 0 Å². The number of aliphatic carboxylic acids is 1. The minimum absolute atomic E-state index is 0.0758. The summed E-state index contributed by atoms with van der Waals surface area (Å²) in [5.41, 5.74) is 0. The Labute approximate surface area is 128 Å². The highest BCUT2D eigenvalue weighted by molar-refractivity contribution is 5.80. The van der Waals surface area contributed by atoms with Gasteiger partial charge in [-0.2, -0.15) is 0 Å². The monoisotopic (exact) mass is 301 g/mol. The summed E-state index contributed by atoms with van der Waals surface area (Å²) >= 11 is 0. The minimum Gasteiger partial charge on any atom is -0.480 e. The second-order valence-electron chi connectivity index (χ2n) is 5.79. The van der Waals surface area contributed by atoms with E-state index in [-0.39, 0.29) is 18.6 Å². The zero-order valence-electron chi connectivity index (χ0n) is 14.1. The molecule has 0 fully saturated rings. The van der Waals surface area contributed by atoms with Gasteiger partial charge in [-0.3, -0.25) is 4.79 Å². The average Bonchev–Trinajstić information content (AvgIpc) is 2.42. The van der Waals surface area contributed by atoms with E-state index in [1.165, 1.54) is 4.90 Å². The van der Waals surface area contributed by atoms with Crippen molar-refractivity contribution in [3.8, 4) is 0 Å². The summed E-state index contributed by atoms with van der Waals surface area (Å²) in [4.78, 5) is 26.5. The Balaban J connectivity index is 4.06. The quantitative estimate of drug-likeness (QED) is 0.605. The smallest absolute Gasteiger partial charge is 0.323 e. The van der Waals surface area contributed by atoms with Crippen LogP contribution >= 0.6 is 0 Å². The van der Waals surface area contributed by atoms with Crippen LogP contribution in [0.25, 0.3) is 0 Å². The van der Waals surface area contributed by atoms with Crippen molar-refractivity contribution in [2.75, 3.05) is 26.7 Å². The number of rotatable bonds is 10. The zero-order valence-corrected chi connectivity index (χ0v) is 14.1. The molecule has 6 nitrogen and oxygen atoms in total. The molecule has 1 atom stereocenters. The molecule has 0 bridgehead atoms. The van der Waals surface area contributed by atoms with Gasteiger partial charge in [0.1, 0.15) is 6.54 Å². The van der Waals surface area contributed by atoms with Crippen LogP contribution in [-0.2, 0) is 4.79 Å². The minimum atomic E-state index is -0.982. The van der Waals surface area contributed by atoms with E-state index in [0.29, 0.717) is 12.6 Å². The Morgan fingerprint density at radius 3 is 2.29 bits per heavy atom. The molecule has 0 aromatic rings. The average molecular weight is 301 g/mol. The lowest BCUT2D eigenvalue weighted by molar-refractivity contribution is -0.138. The molecule has 0 aromatic carbocycles. The molecule has 0 saturated carbocycles. The standard InChI is InChI=1S/C15H31N3O3/c1-6-13(4)18(11-14(19)20)15(21)16-9-7-8-10-17(5)12(2)3/h12-13H,6-11H2,1-5H3,(H,16,21)(H,19,20). The van der Waals surface area contributed by atoms with E-state index < -0.39 is 5.97 Å². The third kappa shape index (κ3) is 8.55. The molecular weight excluding hydrogens is 270 g/mol. The van der Waals surface area contributed by atoms with Gasteiger partial charge < -0.3 is 20.2 Å². The van der Waals surface area contributed by atoms with Crippen LogP contribution in [0, 0.1) is 0 Å². The molecule has 0 heterocycles. The molecule has 0 rings (SSSR count). The van der Waals surface area contributed by atoms with Crippen molar-refractivity contribution < 1.29 is 14.7 Å². The van der Waals surface area contributed by atoms with Crippen molar-refractivity contribution in [1.29, 1.82) is 0 Å². The number of hydrogen-bond donors (Lipinski definition) is 2. The van der Waals surface area contributed by atoms with Gasteiger partial charge in [0.15, 0.2) is 0 Å². The Morgan fingerprint density at radius 2 is 1.81 bits per heavy atom. The van der Waals surface area contributed by atoms with Gasteiger partial charge in [-0.05, 0) is 53.6 Å². The van der Waals surface area contributed by atoms with E-state index in [1.807, 2.05) is 13.8 Å². The van der Waals surface area contributed by atoms with Crippen molar-refractivity contribution in [3.05, 3.63) is 0 Å². The molecule has 0 aliphatic rings. The van der Waals surface area contributed by atoms with Crippen molar-refractivity contribution >= 4 is 12.0 Å². The van der Waals surface area contributed by atoms with Crippen molar-refractivity contribution in [2.45, 2.75) is 59.0 Å². The highest BCUT2D eigenvalue weighted by Gasteiger charge is 2.20. The fourth-order valence-electron chi connectivity index (χ4n) is 1.84. The van der Waals surface area contributed by atoms with E-state index in [0.717, 1.165) is 25.8 Å². The summed E-state index contributed by atoms with van der Waals surface area (Å²) in [5, 5.41) is 11.7. The van der Waals surface area contributed by atoms with Gasteiger partial charge in [-0.15, -0.1) is 0 Å². The summed E-state index contributed by atoms with van der Waals surface area (Å²) in [5.74, 6) is -0.982. The van der Waals surface area contributed by atoms with Crippen LogP contribution in [0.15, 0.2) is 0 Å². The van der Waals surface area contributed by atoms with Gasteiger partial charge in [-0.25, -0.2) is 4.79 Å². The normalized spacial score (nSPS) is 12.5. The second-order valence-corrected chi connectivity index (χ2v) is 5.79. The maximum absolute atomic E-state index is 12.0. The molecule has 21 heavy (non-hydrogen) atoms. The lowest BCUT2D eigenvalue weighted by Crippen LogP contribution is -2.47. The number of urea groups is 1. The molecule has 124 valence electrons. The topological polar surface area (TPSA) is 72.9 Å². The maximum Gasteiger partial charge on any atom is 0.323 e. The molecule has 0 saturated heterocycles. The third-order valence-corrected chi connectivity index (χ3v) is 3.78. The van der Waals surface area contributed by atoms with Gasteiger partial charge in [0.25, 0.3) is 0 Å². The highest BCUT2D eigenvalue weighted by Crippen LogP contribution is 2.04. The Hall–Kier alpha value is -1.30. The first-order valence-corrected chi connectivity index (χ1v) is 7.76. The molecule has 0 aliphatic heterocycles. The second kappa shape index (κ2) is 10.4. The predicted octanol–water partition coefficient (Wildman–Crippen LogP) is 2.00. The van der Waals surface area contributed by atoms with Gasteiger partial charge in [-0.1, -0.05) is 6.92 Å². The predicted molar refractivity (Wildman–Crippen MR) is 84.5 cm³/mol. The van der Waals surface area contributed by atoms with E-state index in [9.17, 15) is 9.59 Å². The highest BCUT2D eigenvalue weighted by atomic mass is 16.4. The number of hydrogen-bond acceptors (Lipinski definition) is 3. The zero-order chi connectivity index (χ0) is 16.4. The number of carbonyl (C=O) groups excluding carboxylic acids is 1. The van der Waals surface area contributed by atoms with Gasteiger partial charge in [0.05, 0.1) is 0 Å². The van der Waals surface area contributed by atoms with Crippen LogP contribution in [0.1, 0.15) is 47.0 Å². The van der Waals surface area contributed by atoms with E-state index in [2.05, 4.69) is 31.1 Å². The third-order valence-electron chi connectivity index (χ3n) is 3.78. The van der Waals surface area contributed by atoms with Crippen LogP contribution in [0.2, 0.25) is 0 Å². The van der Waals surface area contributed by atoms with Crippen LogP contribution < -0.4 is 5.32 Å². The first-order chi connectivity index (χ1) is 9.79. The van der Waals surface area contributed by atoms with Gasteiger partial charge in [0.2, 0.25) is 0 Å². The Bertz CT molecular complexity index is 321. The van der Waals surface area contributed by atoms with Crippen molar-refractivity contribution in [2.24, 2.45) is 0 Å².